The number of halogens is 3. The lowest BCUT2D eigenvalue weighted by Crippen LogP contribution is -2.12. The number of hydrogen-bond acceptors (Lipinski definition) is 2. The normalized spacial score (nSPS) is 10.6. The number of anilines is 1. The molecule has 1 amide bonds. The van der Waals surface area contributed by atoms with Gasteiger partial charge in [-0.1, -0.05) is 51.3 Å². The average Bonchev–Trinajstić information content (AvgIpc) is 3.02. The van der Waals surface area contributed by atoms with Gasteiger partial charge in [0.05, 0.1) is 15.7 Å². The van der Waals surface area contributed by atoms with Gasteiger partial charge in [0.2, 0.25) is 0 Å². The molecule has 2 N–H and O–H groups in total. The molecule has 4 nitrogen and oxygen atoms in total. The molecule has 1 aromatic heterocycles. The summed E-state index contributed by atoms with van der Waals surface area (Å²) in [5.41, 5.74) is 2.52. The van der Waals surface area contributed by atoms with Crippen molar-refractivity contribution in [3.63, 3.8) is 0 Å². The van der Waals surface area contributed by atoms with Crippen molar-refractivity contribution in [2.75, 3.05) is 5.32 Å². The number of hydrogen-bond donors (Lipinski definition) is 2. The molecule has 0 aliphatic carbocycles. The summed E-state index contributed by atoms with van der Waals surface area (Å²) in [6.45, 7) is 0. The third-order valence-corrected chi connectivity index (χ3v) is 4.41. The van der Waals surface area contributed by atoms with Crippen molar-refractivity contribution in [3.8, 4) is 11.3 Å². The molecule has 116 valence electrons. The van der Waals surface area contributed by atoms with Gasteiger partial charge < -0.3 is 5.32 Å². The lowest BCUT2D eigenvalue weighted by atomic mass is 10.1. The van der Waals surface area contributed by atoms with E-state index in [4.69, 9.17) is 23.2 Å². The summed E-state index contributed by atoms with van der Waals surface area (Å²) < 4.78 is 0.981. The molecule has 3 rings (SSSR count). The third kappa shape index (κ3) is 3.75. The Balaban J connectivity index is 1.78. The summed E-state index contributed by atoms with van der Waals surface area (Å²) in [4.78, 5) is 12.2. The second-order valence-corrected chi connectivity index (χ2v) is 6.49. The van der Waals surface area contributed by atoms with Crippen LogP contribution in [0.5, 0.6) is 0 Å². The highest BCUT2D eigenvalue weighted by molar-refractivity contribution is 9.10. The Bertz CT molecular complexity index is 862. The lowest BCUT2D eigenvalue weighted by molar-refractivity contribution is 0.102. The Labute approximate surface area is 150 Å². The van der Waals surface area contributed by atoms with Gasteiger partial charge in [0.1, 0.15) is 5.69 Å². The Morgan fingerprint density at radius 2 is 1.78 bits per heavy atom. The van der Waals surface area contributed by atoms with Crippen LogP contribution in [0, 0.1) is 0 Å². The van der Waals surface area contributed by atoms with Crippen molar-refractivity contribution in [1.82, 2.24) is 10.2 Å². The smallest absolute Gasteiger partial charge is 0.273 e. The molecule has 0 spiro atoms. The molecule has 0 radical (unpaired) electrons. The number of H-pyrrole nitrogens is 1. The van der Waals surface area contributed by atoms with Gasteiger partial charge in [-0.25, -0.2) is 0 Å². The Morgan fingerprint density at radius 1 is 1.04 bits per heavy atom. The highest BCUT2D eigenvalue weighted by Crippen LogP contribution is 2.25. The molecule has 0 unspecified atom stereocenters. The third-order valence-electron chi connectivity index (χ3n) is 3.14. The van der Waals surface area contributed by atoms with Crippen molar-refractivity contribution in [2.45, 2.75) is 0 Å². The minimum atomic E-state index is -0.306. The fourth-order valence-corrected chi connectivity index (χ4v) is 2.54. The van der Waals surface area contributed by atoms with Crippen molar-refractivity contribution in [2.24, 2.45) is 0 Å². The van der Waals surface area contributed by atoms with E-state index in [9.17, 15) is 4.79 Å². The molecule has 7 heteroatoms. The molecule has 0 bridgehead atoms. The average molecular weight is 411 g/mol. The molecule has 0 aliphatic heterocycles. The zero-order valence-corrected chi connectivity index (χ0v) is 14.7. The molecule has 0 fully saturated rings. The van der Waals surface area contributed by atoms with Gasteiger partial charge in [-0.3, -0.25) is 9.89 Å². The Kier molecular flexibility index (Phi) is 4.71. The maximum absolute atomic E-state index is 12.2. The highest BCUT2D eigenvalue weighted by atomic mass is 79.9. The molecule has 0 aliphatic rings. The Morgan fingerprint density at radius 3 is 2.48 bits per heavy atom. The number of benzene rings is 2. The van der Waals surface area contributed by atoms with E-state index < -0.39 is 0 Å². The number of nitrogens with zero attached hydrogens (tertiary/aromatic N) is 1. The van der Waals surface area contributed by atoms with Crippen LogP contribution >= 0.6 is 39.1 Å². The van der Waals surface area contributed by atoms with Crippen LogP contribution in [0.15, 0.2) is 53.0 Å². The predicted octanol–water partition coefficient (Wildman–Crippen LogP) is 5.40. The summed E-state index contributed by atoms with van der Waals surface area (Å²) >= 11 is 15.2. The second kappa shape index (κ2) is 6.74. The molecule has 0 saturated heterocycles. The summed E-state index contributed by atoms with van der Waals surface area (Å²) in [6, 6.07) is 14.3. The van der Waals surface area contributed by atoms with Crippen LogP contribution in [0.1, 0.15) is 10.5 Å². The topological polar surface area (TPSA) is 57.8 Å². The molecule has 23 heavy (non-hydrogen) atoms. The standard InChI is InChI=1S/C16H10BrCl2N3O/c17-10-3-1-9(2-4-10)14-8-15(22-21-14)16(23)20-11-5-6-12(18)13(19)7-11/h1-8H,(H,20,23)(H,21,22). The number of nitrogens with one attached hydrogen (secondary N) is 2. The van der Waals surface area contributed by atoms with E-state index in [2.05, 4.69) is 31.4 Å². The largest absolute Gasteiger partial charge is 0.321 e. The van der Waals surface area contributed by atoms with Crippen molar-refractivity contribution in [1.29, 1.82) is 0 Å². The first-order valence-electron chi connectivity index (χ1n) is 6.61. The molecule has 0 atom stereocenters. The summed E-state index contributed by atoms with van der Waals surface area (Å²) in [6.07, 6.45) is 0. The van der Waals surface area contributed by atoms with E-state index >= 15 is 0 Å². The van der Waals surface area contributed by atoms with Crippen LogP contribution in [0.2, 0.25) is 10.0 Å². The van der Waals surface area contributed by atoms with Crippen molar-refractivity contribution < 1.29 is 4.79 Å². The van der Waals surface area contributed by atoms with Crippen LogP contribution in [-0.4, -0.2) is 16.1 Å². The van der Waals surface area contributed by atoms with Crippen LogP contribution < -0.4 is 5.32 Å². The van der Waals surface area contributed by atoms with Gasteiger partial charge >= 0.3 is 0 Å². The number of rotatable bonds is 3. The van der Waals surface area contributed by atoms with E-state index in [0.29, 0.717) is 27.1 Å². The minimum Gasteiger partial charge on any atom is -0.321 e. The van der Waals surface area contributed by atoms with Crippen LogP contribution in [0.4, 0.5) is 5.69 Å². The van der Waals surface area contributed by atoms with E-state index in [-0.39, 0.29) is 5.91 Å². The zero-order chi connectivity index (χ0) is 16.4. The summed E-state index contributed by atoms with van der Waals surface area (Å²) in [5.74, 6) is -0.306. The first-order chi connectivity index (χ1) is 11.0. The summed E-state index contributed by atoms with van der Waals surface area (Å²) in [5, 5.41) is 10.4. The van der Waals surface area contributed by atoms with E-state index in [1.165, 1.54) is 0 Å². The number of amides is 1. The summed E-state index contributed by atoms with van der Waals surface area (Å²) in [7, 11) is 0. The highest BCUT2D eigenvalue weighted by Gasteiger charge is 2.12. The lowest BCUT2D eigenvalue weighted by Gasteiger charge is -2.04. The number of carbonyl (C=O) groups excluding carboxylic acids is 1. The Hall–Kier alpha value is -1.82. The van der Waals surface area contributed by atoms with Gasteiger partial charge in [-0.15, -0.1) is 0 Å². The fraction of sp³-hybridized carbons (Fsp3) is 0. The second-order valence-electron chi connectivity index (χ2n) is 4.76. The van der Waals surface area contributed by atoms with Gasteiger partial charge in [-0.2, -0.15) is 5.10 Å². The molecule has 2 aromatic carbocycles. The predicted molar refractivity (Wildman–Crippen MR) is 96.1 cm³/mol. The number of aromatic nitrogens is 2. The molecule has 1 heterocycles. The van der Waals surface area contributed by atoms with Crippen LogP contribution in [0.25, 0.3) is 11.3 Å². The molecular formula is C16H10BrCl2N3O. The first-order valence-corrected chi connectivity index (χ1v) is 8.15. The van der Waals surface area contributed by atoms with Crippen molar-refractivity contribution in [3.05, 3.63) is 68.7 Å². The van der Waals surface area contributed by atoms with Gasteiger partial charge in [0, 0.05) is 15.7 Å². The van der Waals surface area contributed by atoms with Gasteiger partial charge in [0.25, 0.3) is 5.91 Å². The maximum atomic E-state index is 12.2. The number of carbonyl (C=O) groups is 1. The van der Waals surface area contributed by atoms with E-state index in [1.807, 2.05) is 24.3 Å². The van der Waals surface area contributed by atoms with Crippen LogP contribution in [0.3, 0.4) is 0 Å². The fourth-order valence-electron chi connectivity index (χ4n) is 1.98. The van der Waals surface area contributed by atoms with Crippen LogP contribution in [-0.2, 0) is 0 Å². The maximum Gasteiger partial charge on any atom is 0.273 e. The first kappa shape index (κ1) is 16.1. The number of aromatic amines is 1. The van der Waals surface area contributed by atoms with E-state index in [1.54, 1.807) is 24.3 Å². The van der Waals surface area contributed by atoms with E-state index in [0.717, 1.165) is 10.0 Å². The molecule has 0 saturated carbocycles. The molecular weight excluding hydrogens is 401 g/mol. The van der Waals surface area contributed by atoms with Gasteiger partial charge in [0.15, 0.2) is 0 Å². The quantitative estimate of drug-likeness (QED) is 0.607. The zero-order valence-electron chi connectivity index (χ0n) is 11.6. The molecule has 3 aromatic rings. The monoisotopic (exact) mass is 409 g/mol. The van der Waals surface area contributed by atoms with Gasteiger partial charge in [-0.05, 0) is 36.4 Å². The van der Waals surface area contributed by atoms with Crippen molar-refractivity contribution >= 4 is 50.7 Å². The SMILES string of the molecule is O=C(Nc1ccc(Cl)c(Cl)c1)c1cc(-c2ccc(Br)cc2)n[nH]1. The minimum absolute atomic E-state index is 0.306.